The molecule has 0 heterocycles. The number of rotatable bonds is 5. The van der Waals surface area contributed by atoms with Crippen LogP contribution in [0.3, 0.4) is 0 Å². The van der Waals surface area contributed by atoms with Crippen LogP contribution in [0.15, 0.2) is 24.3 Å². The molecule has 0 radical (unpaired) electrons. The van der Waals surface area contributed by atoms with E-state index in [4.69, 9.17) is 14.7 Å². The Morgan fingerprint density at radius 3 is 2.62 bits per heavy atom. The number of hydrogen-bond acceptors (Lipinski definition) is 5. The number of methoxy groups -OCH3 is 1. The highest BCUT2D eigenvalue weighted by atomic mass is 16.6. The number of esters is 1. The average Bonchev–Trinajstić information content (AvgIpc) is 2.29. The molecule has 84 valence electrons. The van der Waals surface area contributed by atoms with Gasteiger partial charge >= 0.3 is 5.97 Å². The van der Waals surface area contributed by atoms with Gasteiger partial charge in [-0.15, -0.1) is 5.26 Å². The molecule has 0 saturated heterocycles. The van der Waals surface area contributed by atoms with Crippen molar-refractivity contribution < 1.29 is 19.0 Å². The van der Waals surface area contributed by atoms with E-state index in [1.807, 2.05) is 12.1 Å². The van der Waals surface area contributed by atoms with E-state index < -0.39 is 5.97 Å². The molecule has 5 heteroatoms. The molecule has 0 fully saturated rings. The maximum absolute atomic E-state index is 10.8. The molecule has 0 saturated carbocycles. The summed E-state index contributed by atoms with van der Waals surface area (Å²) >= 11 is 0. The second kappa shape index (κ2) is 6.43. The lowest BCUT2D eigenvalue weighted by Crippen LogP contribution is -2.12. The molecule has 5 nitrogen and oxygen atoms in total. The van der Waals surface area contributed by atoms with Crippen LogP contribution in [0.2, 0.25) is 0 Å². The van der Waals surface area contributed by atoms with Crippen LogP contribution in [0.4, 0.5) is 0 Å². The third-order valence-corrected chi connectivity index (χ3v) is 1.75. The molecule has 0 unspecified atom stereocenters. The summed E-state index contributed by atoms with van der Waals surface area (Å²) in [5.74, 6) is -0.182. The molecule has 0 aliphatic carbocycles. The van der Waals surface area contributed by atoms with E-state index in [0.717, 1.165) is 5.56 Å². The van der Waals surface area contributed by atoms with Crippen LogP contribution in [0.5, 0.6) is 5.75 Å². The summed E-state index contributed by atoms with van der Waals surface area (Å²) in [7, 11) is 1.61. The highest BCUT2D eigenvalue weighted by molar-refractivity contribution is 5.71. The summed E-state index contributed by atoms with van der Waals surface area (Å²) in [5.41, 5.74) is 1.01. The van der Waals surface area contributed by atoms with Crippen LogP contribution < -0.4 is 4.74 Å². The van der Waals surface area contributed by atoms with E-state index in [1.165, 1.54) is 6.26 Å². The molecule has 0 bridgehead atoms. The fourth-order valence-electron chi connectivity index (χ4n) is 1.07. The second-order valence-corrected chi connectivity index (χ2v) is 2.93. The lowest BCUT2D eigenvalue weighted by Gasteiger charge is -2.04. The highest BCUT2D eigenvalue weighted by Gasteiger charge is 2.03. The first-order valence-electron chi connectivity index (χ1n) is 4.55. The number of hydrogen-bond donors (Lipinski definition) is 0. The van der Waals surface area contributed by atoms with E-state index in [1.54, 1.807) is 19.2 Å². The van der Waals surface area contributed by atoms with Gasteiger partial charge in [0.15, 0.2) is 6.61 Å². The number of ether oxygens (including phenoxy) is 3. The Morgan fingerprint density at radius 2 is 2.06 bits per heavy atom. The molecule has 0 aliphatic heterocycles. The molecular formula is C11H11NO4. The number of carbonyl (C=O) groups is 1. The number of carbonyl (C=O) groups excluding carboxylic acids is 1. The van der Waals surface area contributed by atoms with E-state index in [0.29, 0.717) is 12.4 Å². The lowest BCUT2D eigenvalue weighted by molar-refractivity contribution is -0.139. The zero-order valence-corrected chi connectivity index (χ0v) is 8.80. The van der Waals surface area contributed by atoms with Crippen molar-refractivity contribution >= 4 is 5.97 Å². The van der Waals surface area contributed by atoms with E-state index >= 15 is 0 Å². The summed E-state index contributed by atoms with van der Waals surface area (Å²) in [6, 6.07) is 7.09. The quantitative estimate of drug-likeness (QED) is 0.552. The van der Waals surface area contributed by atoms with Gasteiger partial charge in [0.05, 0.1) is 6.61 Å². The van der Waals surface area contributed by atoms with Crippen LogP contribution in [-0.4, -0.2) is 19.7 Å². The molecule has 1 aromatic carbocycles. The minimum Gasteiger partial charge on any atom is -0.482 e. The molecule has 0 aliphatic rings. The van der Waals surface area contributed by atoms with Gasteiger partial charge in [-0.25, -0.2) is 4.79 Å². The highest BCUT2D eigenvalue weighted by Crippen LogP contribution is 2.12. The largest absolute Gasteiger partial charge is 0.482 e. The zero-order chi connectivity index (χ0) is 11.8. The Morgan fingerprint density at radius 1 is 1.38 bits per heavy atom. The fourth-order valence-corrected chi connectivity index (χ4v) is 1.07. The SMILES string of the molecule is COCc1ccc(OCC(=O)OC#N)cc1. The van der Waals surface area contributed by atoms with Crippen LogP contribution >= 0.6 is 0 Å². The molecule has 1 rings (SSSR count). The van der Waals surface area contributed by atoms with Gasteiger partial charge in [-0.1, -0.05) is 12.1 Å². The first-order valence-corrected chi connectivity index (χ1v) is 4.55. The summed E-state index contributed by atoms with van der Waals surface area (Å²) in [4.78, 5) is 10.8. The Bertz CT molecular complexity index is 380. The van der Waals surface area contributed by atoms with E-state index in [-0.39, 0.29) is 6.61 Å². The van der Waals surface area contributed by atoms with Gasteiger partial charge < -0.3 is 14.2 Å². The molecular weight excluding hydrogens is 210 g/mol. The number of nitriles is 1. The van der Waals surface area contributed by atoms with Gasteiger partial charge in [0.1, 0.15) is 5.75 Å². The predicted octanol–water partition coefficient (Wildman–Crippen LogP) is 1.24. The van der Waals surface area contributed by atoms with Crippen molar-refractivity contribution in [3.63, 3.8) is 0 Å². The number of benzene rings is 1. The van der Waals surface area contributed by atoms with Crippen LogP contribution in [0, 0.1) is 11.5 Å². The van der Waals surface area contributed by atoms with Gasteiger partial charge in [-0.3, -0.25) is 0 Å². The summed E-state index contributed by atoms with van der Waals surface area (Å²) in [6.45, 7) is 0.244. The molecule has 0 spiro atoms. The van der Waals surface area contributed by atoms with Crippen molar-refractivity contribution in [2.45, 2.75) is 6.61 Å². The van der Waals surface area contributed by atoms with Crippen molar-refractivity contribution in [1.29, 1.82) is 5.26 Å². The van der Waals surface area contributed by atoms with Crippen LogP contribution in [0.25, 0.3) is 0 Å². The Balaban J connectivity index is 2.43. The molecule has 0 aromatic heterocycles. The standard InChI is InChI=1S/C11H11NO4/c1-14-6-9-2-4-10(5-3-9)15-7-11(13)16-8-12/h2-5H,6-7H2,1H3. The molecule has 16 heavy (non-hydrogen) atoms. The molecule has 0 atom stereocenters. The monoisotopic (exact) mass is 221 g/mol. The van der Waals surface area contributed by atoms with Crippen molar-refractivity contribution in [2.24, 2.45) is 0 Å². The third kappa shape index (κ3) is 3.98. The van der Waals surface area contributed by atoms with Crippen LogP contribution in [0.1, 0.15) is 5.56 Å². The normalized spacial score (nSPS) is 9.25. The van der Waals surface area contributed by atoms with Crippen molar-refractivity contribution in [1.82, 2.24) is 0 Å². The summed E-state index contributed by atoms with van der Waals surface area (Å²) in [6.07, 6.45) is 1.28. The molecule has 0 N–H and O–H groups in total. The van der Waals surface area contributed by atoms with Crippen molar-refractivity contribution in [3.05, 3.63) is 29.8 Å². The third-order valence-electron chi connectivity index (χ3n) is 1.75. The van der Waals surface area contributed by atoms with Crippen molar-refractivity contribution in [3.8, 4) is 12.0 Å². The smallest absolute Gasteiger partial charge is 0.359 e. The van der Waals surface area contributed by atoms with E-state index in [9.17, 15) is 4.79 Å². The van der Waals surface area contributed by atoms with Gasteiger partial charge in [0.25, 0.3) is 6.26 Å². The minimum atomic E-state index is -0.719. The summed E-state index contributed by atoms with van der Waals surface area (Å²) in [5, 5.41) is 8.07. The maximum atomic E-state index is 10.8. The fraction of sp³-hybridized carbons (Fsp3) is 0.273. The minimum absolute atomic E-state index is 0.281. The second-order valence-electron chi connectivity index (χ2n) is 2.93. The first-order chi connectivity index (χ1) is 7.76. The Hall–Kier alpha value is -2.06. The van der Waals surface area contributed by atoms with E-state index in [2.05, 4.69) is 4.74 Å². The summed E-state index contributed by atoms with van der Waals surface area (Å²) < 4.78 is 14.1. The lowest BCUT2D eigenvalue weighted by atomic mass is 10.2. The first kappa shape index (κ1) is 12.0. The van der Waals surface area contributed by atoms with Gasteiger partial charge in [-0.05, 0) is 17.7 Å². The predicted molar refractivity (Wildman–Crippen MR) is 54.4 cm³/mol. The molecule has 0 amide bonds. The van der Waals surface area contributed by atoms with Gasteiger partial charge in [0.2, 0.25) is 0 Å². The van der Waals surface area contributed by atoms with Crippen molar-refractivity contribution in [2.75, 3.05) is 13.7 Å². The number of nitrogens with zero attached hydrogens (tertiary/aromatic N) is 1. The maximum Gasteiger partial charge on any atom is 0.359 e. The Labute approximate surface area is 93.2 Å². The van der Waals surface area contributed by atoms with Gasteiger partial charge in [0, 0.05) is 7.11 Å². The Kier molecular flexibility index (Phi) is 4.83. The molecule has 1 aromatic rings. The van der Waals surface area contributed by atoms with Gasteiger partial charge in [-0.2, -0.15) is 0 Å². The average molecular weight is 221 g/mol. The topological polar surface area (TPSA) is 68.6 Å². The zero-order valence-electron chi connectivity index (χ0n) is 8.80. The van der Waals surface area contributed by atoms with Crippen LogP contribution in [-0.2, 0) is 20.9 Å².